The van der Waals surface area contributed by atoms with E-state index in [4.69, 9.17) is 19.8 Å². The molecule has 0 amide bonds. The van der Waals surface area contributed by atoms with Crippen molar-refractivity contribution in [1.82, 2.24) is 4.98 Å². The van der Waals surface area contributed by atoms with Crippen molar-refractivity contribution >= 4 is 34.3 Å². The molecule has 0 radical (unpaired) electrons. The summed E-state index contributed by atoms with van der Waals surface area (Å²) in [5.41, 5.74) is -5.60. The summed E-state index contributed by atoms with van der Waals surface area (Å²) in [4.78, 5) is 22.0. The molecule has 146 valence electrons. The number of alkyl halides is 2. The van der Waals surface area contributed by atoms with Gasteiger partial charge in [-0.1, -0.05) is 15.9 Å². The van der Waals surface area contributed by atoms with E-state index in [1.54, 1.807) is 0 Å². The fourth-order valence-electron chi connectivity index (χ4n) is 2.36. The smallest absolute Gasteiger partial charge is 0.399 e. The zero-order valence-electron chi connectivity index (χ0n) is 14.6. The minimum absolute atomic E-state index is 0.127. The number of fused-ring (bicyclic) bond motifs is 1. The Morgan fingerprint density at radius 2 is 1.96 bits per heavy atom. The Morgan fingerprint density at radius 3 is 2.56 bits per heavy atom. The molecule has 1 aromatic carbocycles. The molecule has 1 aromatic heterocycles. The van der Waals surface area contributed by atoms with E-state index in [9.17, 15) is 13.3 Å². The molecule has 27 heavy (non-hydrogen) atoms. The molecule has 2 N–H and O–H groups in total. The van der Waals surface area contributed by atoms with E-state index in [1.165, 1.54) is 18.3 Å². The fourth-order valence-corrected chi connectivity index (χ4v) is 3.62. The molecule has 1 heterocycles. The Bertz CT molecular complexity index is 940. The van der Waals surface area contributed by atoms with Gasteiger partial charge in [0.25, 0.3) is 0 Å². The second-order valence-electron chi connectivity index (χ2n) is 6.73. The van der Waals surface area contributed by atoms with Crippen LogP contribution in [-0.2, 0) is 10.2 Å². The fraction of sp³-hybridized carbons (Fsp3) is 0.412. The highest BCUT2D eigenvalue weighted by Gasteiger charge is 2.51. The number of rotatable bonds is 7. The van der Waals surface area contributed by atoms with Crippen LogP contribution in [0.25, 0.3) is 10.8 Å². The predicted octanol–water partition coefficient (Wildman–Crippen LogP) is 4.93. The number of benzene rings is 1. The van der Waals surface area contributed by atoms with Crippen LogP contribution >= 0.6 is 23.5 Å². The summed E-state index contributed by atoms with van der Waals surface area (Å²) in [6, 6.07) is 5.94. The van der Waals surface area contributed by atoms with E-state index in [1.807, 2.05) is 13.8 Å². The van der Waals surface area contributed by atoms with Crippen LogP contribution in [-0.4, -0.2) is 21.4 Å². The number of hydrogen-bond acceptors (Lipinski definition) is 4. The number of aromatic nitrogens is 1. The summed E-state index contributed by atoms with van der Waals surface area (Å²) in [6.07, 6.45) is 2.67. The van der Waals surface area contributed by atoms with Crippen molar-refractivity contribution in [3.8, 4) is 11.9 Å². The Hall–Kier alpha value is -1.59. The summed E-state index contributed by atoms with van der Waals surface area (Å²) in [7, 11) is -5.68. The molecule has 6 nitrogen and oxygen atoms in total. The third-order valence-electron chi connectivity index (χ3n) is 3.97. The lowest BCUT2D eigenvalue weighted by Gasteiger charge is -2.20. The van der Waals surface area contributed by atoms with Crippen LogP contribution in [0.4, 0.5) is 8.78 Å². The van der Waals surface area contributed by atoms with Crippen LogP contribution in [0.5, 0.6) is 5.88 Å². The standard InChI is InChI=1S/C17H18BrF2N2O4P/c1-16(2,10-21)4-3-5-26-15-8-11-6-13(17(19,20)27(23,24)25)14(18)7-12(11)9-22-15/h6-9H,3-5H2,1-2H3,(H2,23,24,25). The number of hydrogen-bond donors (Lipinski definition) is 2. The van der Waals surface area contributed by atoms with Crippen molar-refractivity contribution in [1.29, 1.82) is 5.26 Å². The van der Waals surface area contributed by atoms with Gasteiger partial charge in [0, 0.05) is 27.7 Å². The Balaban J connectivity index is 2.25. The third-order valence-corrected chi connectivity index (χ3v) is 5.60. The number of nitrogens with zero attached hydrogens (tertiary/aromatic N) is 2. The first-order chi connectivity index (χ1) is 12.4. The highest BCUT2D eigenvalue weighted by molar-refractivity contribution is 9.10. The van der Waals surface area contributed by atoms with Crippen LogP contribution in [0.15, 0.2) is 28.9 Å². The molecule has 0 aliphatic carbocycles. The zero-order valence-corrected chi connectivity index (χ0v) is 17.1. The molecule has 0 saturated heterocycles. The largest absolute Gasteiger partial charge is 0.478 e. The SMILES string of the molecule is CC(C)(C#N)CCCOc1cc2cc(C(F)(F)P(=O)(O)O)c(Br)cc2cn1. The quantitative estimate of drug-likeness (QED) is 0.446. The number of nitriles is 1. The lowest BCUT2D eigenvalue weighted by atomic mass is 9.90. The molecule has 0 spiro atoms. The lowest BCUT2D eigenvalue weighted by molar-refractivity contribution is 0.0558. The molecule has 2 aromatic rings. The minimum atomic E-state index is -5.68. The van der Waals surface area contributed by atoms with Crippen molar-refractivity contribution in [2.45, 2.75) is 32.4 Å². The molecule has 0 atom stereocenters. The van der Waals surface area contributed by atoms with Crippen LogP contribution in [0.1, 0.15) is 32.3 Å². The van der Waals surface area contributed by atoms with Gasteiger partial charge >= 0.3 is 13.3 Å². The van der Waals surface area contributed by atoms with Crippen molar-refractivity contribution in [2.75, 3.05) is 6.61 Å². The van der Waals surface area contributed by atoms with E-state index in [0.717, 1.165) is 6.07 Å². The topological polar surface area (TPSA) is 103 Å². The first-order valence-electron chi connectivity index (χ1n) is 7.95. The van der Waals surface area contributed by atoms with Gasteiger partial charge in [-0.15, -0.1) is 0 Å². The van der Waals surface area contributed by atoms with Crippen molar-refractivity contribution < 1.29 is 27.9 Å². The maximum absolute atomic E-state index is 14.1. The monoisotopic (exact) mass is 462 g/mol. The van der Waals surface area contributed by atoms with E-state index in [2.05, 4.69) is 27.0 Å². The summed E-state index contributed by atoms with van der Waals surface area (Å²) in [6.45, 7) is 3.94. The minimum Gasteiger partial charge on any atom is -0.478 e. The highest BCUT2D eigenvalue weighted by Crippen LogP contribution is 2.60. The maximum atomic E-state index is 14.1. The molecule has 10 heteroatoms. The van der Waals surface area contributed by atoms with E-state index < -0.39 is 24.2 Å². The van der Waals surface area contributed by atoms with Crippen LogP contribution in [0.2, 0.25) is 0 Å². The number of halogens is 3. The number of pyridine rings is 1. The van der Waals surface area contributed by atoms with E-state index in [0.29, 0.717) is 30.2 Å². The van der Waals surface area contributed by atoms with Gasteiger partial charge in [0.15, 0.2) is 0 Å². The summed E-state index contributed by atoms with van der Waals surface area (Å²) in [5.74, 6) is 0.199. The first-order valence-corrected chi connectivity index (χ1v) is 10.4. The second kappa shape index (κ2) is 7.80. The molecular formula is C17H18BrF2N2O4P. The summed E-state index contributed by atoms with van der Waals surface area (Å²) >= 11 is 2.93. The zero-order chi connectivity index (χ0) is 20.5. The second-order valence-corrected chi connectivity index (χ2v) is 9.24. The first kappa shape index (κ1) is 21.7. The molecule has 0 bridgehead atoms. The molecular weight excluding hydrogens is 445 g/mol. The van der Waals surface area contributed by atoms with Gasteiger partial charge in [-0.3, -0.25) is 4.57 Å². The Kier molecular flexibility index (Phi) is 6.27. The third kappa shape index (κ3) is 5.02. The Morgan fingerprint density at radius 1 is 1.30 bits per heavy atom. The van der Waals surface area contributed by atoms with Gasteiger partial charge in [-0.25, -0.2) is 4.98 Å². The van der Waals surface area contributed by atoms with Gasteiger partial charge in [-0.05, 0) is 44.2 Å². The highest BCUT2D eigenvalue weighted by atomic mass is 79.9. The van der Waals surface area contributed by atoms with E-state index in [-0.39, 0.29) is 10.4 Å². The summed E-state index contributed by atoms with van der Waals surface area (Å²) < 4.78 is 44.7. The molecule has 0 aliphatic rings. The van der Waals surface area contributed by atoms with Crippen molar-refractivity contribution in [2.24, 2.45) is 5.41 Å². The van der Waals surface area contributed by atoms with Crippen LogP contribution in [0.3, 0.4) is 0 Å². The van der Waals surface area contributed by atoms with Crippen molar-refractivity contribution in [3.05, 3.63) is 34.4 Å². The molecule has 0 saturated carbocycles. The normalized spacial score (nSPS) is 12.8. The molecule has 0 fully saturated rings. The van der Waals surface area contributed by atoms with Gasteiger partial charge in [0.1, 0.15) is 0 Å². The predicted molar refractivity (Wildman–Crippen MR) is 99.5 cm³/mol. The Labute approximate surface area is 163 Å². The molecule has 0 aliphatic heterocycles. The summed E-state index contributed by atoms with van der Waals surface area (Å²) in [5, 5.41) is 9.79. The molecule has 2 rings (SSSR count). The average Bonchev–Trinajstić information content (AvgIpc) is 2.57. The van der Waals surface area contributed by atoms with Gasteiger partial charge in [0.05, 0.1) is 18.1 Å². The lowest BCUT2D eigenvalue weighted by Crippen LogP contribution is -2.14. The van der Waals surface area contributed by atoms with Crippen LogP contribution < -0.4 is 4.74 Å². The van der Waals surface area contributed by atoms with Gasteiger partial charge < -0.3 is 14.5 Å². The number of ether oxygens (including phenoxy) is 1. The van der Waals surface area contributed by atoms with Crippen LogP contribution in [0, 0.1) is 16.7 Å². The average molecular weight is 463 g/mol. The van der Waals surface area contributed by atoms with Crippen molar-refractivity contribution in [3.63, 3.8) is 0 Å². The van der Waals surface area contributed by atoms with Gasteiger partial charge in [0.2, 0.25) is 5.88 Å². The van der Waals surface area contributed by atoms with Gasteiger partial charge in [-0.2, -0.15) is 14.0 Å². The van der Waals surface area contributed by atoms with E-state index >= 15 is 0 Å². The maximum Gasteiger partial charge on any atom is 0.399 e. The molecule has 0 unspecified atom stereocenters.